The molecule has 1 atom stereocenters. The van der Waals surface area contributed by atoms with E-state index in [2.05, 4.69) is 15.3 Å². The van der Waals surface area contributed by atoms with Crippen LogP contribution in [-0.2, 0) is 23.8 Å². The number of nitro benzene ring substituents is 2. The number of aromatic nitrogens is 2. The summed E-state index contributed by atoms with van der Waals surface area (Å²) < 4.78 is 26.5. The second-order valence-electron chi connectivity index (χ2n) is 11.3. The molecule has 252 valence electrons. The molecule has 0 unspecified atom stereocenters. The van der Waals surface area contributed by atoms with Crippen LogP contribution in [0, 0.1) is 34.1 Å². The van der Waals surface area contributed by atoms with Gasteiger partial charge in [0, 0.05) is 23.5 Å². The van der Waals surface area contributed by atoms with Gasteiger partial charge in [0.05, 0.1) is 27.0 Å². The number of hydrogen-bond donors (Lipinski definition) is 1. The van der Waals surface area contributed by atoms with E-state index in [0.717, 1.165) is 0 Å². The molecule has 0 saturated heterocycles. The van der Waals surface area contributed by atoms with Gasteiger partial charge >= 0.3 is 18.0 Å². The first-order valence-electron chi connectivity index (χ1n) is 14.3. The molecule has 48 heavy (non-hydrogen) atoms. The van der Waals surface area contributed by atoms with Crippen LogP contribution in [0.5, 0.6) is 11.5 Å². The first kappa shape index (κ1) is 34.7. The van der Waals surface area contributed by atoms with Gasteiger partial charge in [0.2, 0.25) is 13.6 Å². The number of fused-ring (bicyclic) bond motifs is 2. The van der Waals surface area contributed by atoms with Gasteiger partial charge in [-0.05, 0) is 71.0 Å². The van der Waals surface area contributed by atoms with E-state index >= 15 is 0 Å². The number of benzene rings is 2. The van der Waals surface area contributed by atoms with Crippen LogP contribution < -0.4 is 14.8 Å². The van der Waals surface area contributed by atoms with Crippen LogP contribution in [-0.4, -0.2) is 63.1 Å². The van der Waals surface area contributed by atoms with Crippen molar-refractivity contribution in [1.29, 1.82) is 0 Å². The minimum atomic E-state index is -1.59. The fourth-order valence-electron chi connectivity index (χ4n) is 4.38. The van der Waals surface area contributed by atoms with Gasteiger partial charge < -0.3 is 29.0 Å². The Morgan fingerprint density at radius 2 is 1.25 bits per heavy atom. The molecule has 0 aliphatic carbocycles. The third kappa shape index (κ3) is 8.77. The number of nitrogens with one attached hydrogen (secondary N) is 1. The number of esters is 2. The van der Waals surface area contributed by atoms with Crippen LogP contribution in [0.1, 0.15) is 38.6 Å². The average Bonchev–Trinajstić information content (AvgIpc) is 2.99. The van der Waals surface area contributed by atoms with E-state index in [1.165, 1.54) is 36.4 Å². The zero-order valence-electron chi connectivity index (χ0n) is 26.5. The number of carbonyl (C=O) groups excluding carboxylic acids is 3. The van der Waals surface area contributed by atoms with Crippen molar-refractivity contribution < 1.29 is 47.9 Å². The molecule has 0 fully saturated rings. The lowest BCUT2D eigenvalue weighted by molar-refractivity contribution is -0.383. The summed E-state index contributed by atoms with van der Waals surface area (Å²) in [4.78, 5) is 68.6. The van der Waals surface area contributed by atoms with Gasteiger partial charge in [-0.3, -0.25) is 25.0 Å². The molecule has 0 bridgehead atoms. The first-order chi connectivity index (χ1) is 22.6. The number of hydrogen-bond acceptors (Lipinski definition) is 14. The smallest absolute Gasteiger partial charge is 0.408 e. The van der Waals surface area contributed by atoms with E-state index in [1.54, 1.807) is 46.8 Å². The number of non-ortho nitro benzene ring substituents is 2. The molecule has 17 heteroatoms. The highest BCUT2D eigenvalue weighted by atomic mass is 16.7. The van der Waals surface area contributed by atoms with E-state index in [-0.39, 0.29) is 44.7 Å². The Balaban J connectivity index is 1.43. The quantitative estimate of drug-likeness (QED) is 0.0695. The second kappa shape index (κ2) is 14.5. The lowest BCUT2D eigenvalue weighted by Crippen LogP contribution is -2.45. The van der Waals surface area contributed by atoms with Crippen LogP contribution in [0.3, 0.4) is 0 Å². The Morgan fingerprint density at radius 1 is 0.771 bits per heavy atom. The van der Waals surface area contributed by atoms with Crippen LogP contribution in [0.4, 0.5) is 16.2 Å². The predicted octanol–water partition coefficient (Wildman–Crippen LogP) is 4.96. The van der Waals surface area contributed by atoms with Crippen LogP contribution in [0.15, 0.2) is 48.5 Å². The van der Waals surface area contributed by atoms with Gasteiger partial charge in [-0.2, -0.15) is 0 Å². The molecule has 2 heterocycles. The van der Waals surface area contributed by atoms with Crippen LogP contribution in [0.2, 0.25) is 0 Å². The van der Waals surface area contributed by atoms with E-state index in [9.17, 15) is 34.6 Å². The fraction of sp³-hybridized carbons (Fsp3) is 0.323. The number of aryl methyl sites for hydroxylation is 2. The van der Waals surface area contributed by atoms with Crippen molar-refractivity contribution in [3.8, 4) is 11.5 Å². The van der Waals surface area contributed by atoms with Crippen molar-refractivity contribution in [2.45, 2.75) is 52.7 Å². The number of ether oxygens (including phenoxy) is 5. The maximum absolute atomic E-state index is 13.0. The predicted molar refractivity (Wildman–Crippen MR) is 167 cm³/mol. The Bertz CT molecular complexity index is 1910. The average molecular weight is 666 g/mol. The van der Waals surface area contributed by atoms with Crippen molar-refractivity contribution in [2.24, 2.45) is 0 Å². The molecule has 17 nitrogen and oxygen atoms in total. The Morgan fingerprint density at radius 3 is 1.71 bits per heavy atom. The van der Waals surface area contributed by atoms with Gasteiger partial charge in [-0.15, -0.1) is 0 Å². The summed E-state index contributed by atoms with van der Waals surface area (Å²) >= 11 is 0. The normalized spacial score (nSPS) is 11.8. The molecule has 0 aliphatic rings. The highest BCUT2D eigenvalue weighted by Gasteiger charge is 2.29. The number of alkyl carbamates (subject to hydrolysis) is 1. The summed E-state index contributed by atoms with van der Waals surface area (Å²) in [6, 6.07) is 9.73. The Kier molecular flexibility index (Phi) is 10.5. The lowest BCUT2D eigenvalue weighted by Gasteiger charge is -2.22. The number of carbonyl (C=O) groups is 3. The van der Waals surface area contributed by atoms with E-state index in [0.29, 0.717) is 11.4 Å². The second-order valence-corrected chi connectivity index (χ2v) is 11.3. The fourth-order valence-corrected chi connectivity index (χ4v) is 4.38. The summed E-state index contributed by atoms with van der Waals surface area (Å²) in [6.45, 7) is 6.82. The molecular weight excluding hydrogens is 634 g/mol. The molecular formula is C31H31N5O12. The minimum Gasteiger partial charge on any atom is -0.455 e. The third-order valence-electron chi connectivity index (χ3n) is 6.46. The molecule has 4 aromatic rings. The summed E-state index contributed by atoms with van der Waals surface area (Å²) in [6.07, 6.45) is -1.73. The van der Waals surface area contributed by atoms with Crippen LogP contribution >= 0.6 is 0 Å². The largest absolute Gasteiger partial charge is 0.455 e. The third-order valence-corrected chi connectivity index (χ3v) is 6.46. The van der Waals surface area contributed by atoms with E-state index < -0.39 is 59.5 Å². The van der Waals surface area contributed by atoms with Gasteiger partial charge in [0.1, 0.15) is 22.7 Å². The zero-order valence-corrected chi connectivity index (χ0v) is 26.5. The highest BCUT2D eigenvalue weighted by molar-refractivity contribution is 5.93. The highest BCUT2D eigenvalue weighted by Crippen LogP contribution is 2.33. The van der Waals surface area contributed by atoms with E-state index in [4.69, 9.17) is 23.7 Å². The monoisotopic (exact) mass is 665 g/mol. The van der Waals surface area contributed by atoms with Gasteiger partial charge in [0.25, 0.3) is 11.4 Å². The SMILES string of the molecule is Cc1ccc2c([N+](=O)[O-])ccc(OCOC(=O)C[C@H](NC(=O)OC(C)(C)C)C(=O)OCOc3ccc([N+](=O)[O-])c4ccc(C)nc34)c2n1. The number of amides is 1. The maximum atomic E-state index is 13.0. The standard InChI is InChI=1S/C31H31N5O12/c1-17-6-8-19-22(35(40)41)10-12-24(27(19)32-17)44-15-46-26(37)14-21(34-30(39)48-31(3,4)5)29(38)47-16-45-25-13-11-23(36(42)43)20-9-7-18(2)33-28(20)25/h6-13,21H,14-16H2,1-5H3,(H,34,39)/t21-/m0/s1. The maximum Gasteiger partial charge on any atom is 0.408 e. The topological polar surface area (TPSA) is 221 Å². The summed E-state index contributed by atoms with van der Waals surface area (Å²) in [7, 11) is 0. The number of nitro groups is 2. The summed E-state index contributed by atoms with van der Waals surface area (Å²) in [5, 5.41) is 25.6. The van der Waals surface area contributed by atoms with Crippen molar-refractivity contribution >= 4 is 51.2 Å². The number of rotatable bonds is 12. The van der Waals surface area contributed by atoms with Gasteiger partial charge in [0.15, 0.2) is 11.5 Å². The van der Waals surface area contributed by atoms with Crippen molar-refractivity contribution in [3.05, 3.63) is 80.1 Å². The van der Waals surface area contributed by atoms with Crippen LogP contribution in [0.25, 0.3) is 21.8 Å². The molecule has 0 aliphatic heterocycles. The van der Waals surface area contributed by atoms with Crippen molar-refractivity contribution in [1.82, 2.24) is 15.3 Å². The van der Waals surface area contributed by atoms with Gasteiger partial charge in [-0.25, -0.2) is 19.6 Å². The minimum absolute atomic E-state index is 0.0868. The first-order valence-corrected chi connectivity index (χ1v) is 14.3. The summed E-state index contributed by atoms with van der Waals surface area (Å²) in [5.41, 5.74) is 0.155. The molecule has 0 spiro atoms. The zero-order chi connectivity index (χ0) is 35.2. The van der Waals surface area contributed by atoms with E-state index in [1.807, 2.05) is 0 Å². The van der Waals surface area contributed by atoms with Gasteiger partial charge in [-0.1, -0.05) is 0 Å². The Hall–Kier alpha value is -6.13. The number of pyridine rings is 2. The molecule has 2 aromatic heterocycles. The molecule has 4 rings (SSSR count). The lowest BCUT2D eigenvalue weighted by atomic mass is 10.1. The Labute approximate surface area is 272 Å². The van der Waals surface area contributed by atoms with Crippen molar-refractivity contribution in [3.63, 3.8) is 0 Å². The molecule has 2 aromatic carbocycles. The number of nitrogens with zero attached hydrogens (tertiary/aromatic N) is 4. The summed E-state index contributed by atoms with van der Waals surface area (Å²) in [5.74, 6) is -1.88. The molecule has 0 saturated carbocycles. The molecule has 1 amide bonds. The molecule has 0 radical (unpaired) electrons. The van der Waals surface area contributed by atoms with Crippen molar-refractivity contribution in [2.75, 3.05) is 13.6 Å². The molecule has 1 N–H and O–H groups in total.